The Labute approximate surface area is 117 Å². The first-order valence-corrected chi connectivity index (χ1v) is 7.43. The van der Waals surface area contributed by atoms with Gasteiger partial charge in [0.1, 0.15) is 0 Å². The maximum atomic E-state index is 10.3. The number of rotatable bonds is 3. The minimum Gasteiger partial charge on any atom is -0.393 e. The highest BCUT2D eigenvalue weighted by molar-refractivity contribution is 5.47. The zero-order chi connectivity index (χ0) is 14.0. The standard InChI is InChI=1S/C17H27NO/c1-12-6-5-7-15(9-12)18(4)11-16-14(3)8-13(2)10-17(16)19/h5-7,9,13-14,16-17,19H,8,10-11H2,1-4H3. The normalized spacial score (nSPS) is 31.2. The van der Waals surface area contributed by atoms with E-state index in [-0.39, 0.29) is 6.10 Å². The maximum Gasteiger partial charge on any atom is 0.0590 e. The van der Waals surface area contributed by atoms with E-state index in [0.29, 0.717) is 17.8 Å². The van der Waals surface area contributed by atoms with Crippen LogP contribution >= 0.6 is 0 Å². The first kappa shape index (κ1) is 14.4. The van der Waals surface area contributed by atoms with E-state index in [0.717, 1.165) is 13.0 Å². The number of aliphatic hydroxyl groups is 1. The number of anilines is 1. The molecule has 1 aromatic rings. The molecule has 1 saturated carbocycles. The van der Waals surface area contributed by atoms with Crippen molar-refractivity contribution in [1.29, 1.82) is 0 Å². The molecule has 0 radical (unpaired) electrons. The third-order valence-corrected chi connectivity index (χ3v) is 4.57. The lowest BCUT2D eigenvalue weighted by Crippen LogP contribution is -2.41. The van der Waals surface area contributed by atoms with E-state index < -0.39 is 0 Å². The van der Waals surface area contributed by atoms with E-state index in [1.807, 2.05) is 0 Å². The van der Waals surface area contributed by atoms with E-state index in [1.54, 1.807) is 0 Å². The van der Waals surface area contributed by atoms with Gasteiger partial charge in [-0.3, -0.25) is 0 Å². The molecule has 4 unspecified atom stereocenters. The van der Waals surface area contributed by atoms with Crippen LogP contribution in [-0.4, -0.2) is 24.8 Å². The lowest BCUT2D eigenvalue weighted by molar-refractivity contribution is 0.0205. The Morgan fingerprint density at radius 2 is 2.00 bits per heavy atom. The summed E-state index contributed by atoms with van der Waals surface area (Å²) in [5.41, 5.74) is 2.54. The second kappa shape index (κ2) is 5.96. The Hall–Kier alpha value is -1.02. The SMILES string of the molecule is Cc1cccc(N(C)CC2C(C)CC(C)CC2O)c1. The molecule has 2 heteroatoms. The van der Waals surface area contributed by atoms with Crippen LogP contribution in [0.5, 0.6) is 0 Å². The van der Waals surface area contributed by atoms with Gasteiger partial charge in [0.05, 0.1) is 6.10 Å². The fourth-order valence-corrected chi connectivity index (χ4v) is 3.46. The topological polar surface area (TPSA) is 23.5 Å². The summed E-state index contributed by atoms with van der Waals surface area (Å²) in [7, 11) is 2.13. The third-order valence-electron chi connectivity index (χ3n) is 4.57. The van der Waals surface area contributed by atoms with E-state index >= 15 is 0 Å². The van der Waals surface area contributed by atoms with Crippen LogP contribution in [0.3, 0.4) is 0 Å². The van der Waals surface area contributed by atoms with Crippen LogP contribution in [0, 0.1) is 24.7 Å². The van der Waals surface area contributed by atoms with Gasteiger partial charge >= 0.3 is 0 Å². The molecule has 0 aliphatic heterocycles. The highest BCUT2D eigenvalue weighted by Crippen LogP contribution is 2.34. The lowest BCUT2D eigenvalue weighted by atomic mass is 9.73. The van der Waals surface area contributed by atoms with Gasteiger partial charge in [-0.05, 0) is 49.3 Å². The molecule has 0 amide bonds. The first-order chi connectivity index (χ1) is 8.97. The van der Waals surface area contributed by atoms with Crippen LogP contribution in [0.25, 0.3) is 0 Å². The number of aryl methyl sites for hydroxylation is 1. The van der Waals surface area contributed by atoms with Crippen molar-refractivity contribution in [2.24, 2.45) is 17.8 Å². The van der Waals surface area contributed by atoms with Crippen LogP contribution in [0.2, 0.25) is 0 Å². The molecule has 2 rings (SSSR count). The quantitative estimate of drug-likeness (QED) is 0.900. The largest absolute Gasteiger partial charge is 0.393 e. The van der Waals surface area contributed by atoms with Crippen LogP contribution in [0.4, 0.5) is 5.69 Å². The zero-order valence-electron chi connectivity index (χ0n) is 12.6. The fourth-order valence-electron chi connectivity index (χ4n) is 3.46. The van der Waals surface area contributed by atoms with Crippen molar-refractivity contribution in [3.63, 3.8) is 0 Å². The van der Waals surface area contributed by atoms with Gasteiger partial charge in [-0.15, -0.1) is 0 Å². The molecule has 0 spiro atoms. The molecule has 4 atom stereocenters. The van der Waals surface area contributed by atoms with Crippen LogP contribution < -0.4 is 4.90 Å². The molecule has 1 fully saturated rings. The van der Waals surface area contributed by atoms with E-state index in [1.165, 1.54) is 17.7 Å². The van der Waals surface area contributed by atoms with Gasteiger partial charge in [-0.2, -0.15) is 0 Å². The van der Waals surface area contributed by atoms with Gasteiger partial charge < -0.3 is 10.0 Å². The van der Waals surface area contributed by atoms with Gasteiger partial charge in [0.25, 0.3) is 0 Å². The molecule has 1 aliphatic rings. The molecule has 0 bridgehead atoms. The molecule has 1 aliphatic carbocycles. The molecule has 0 heterocycles. The van der Waals surface area contributed by atoms with Gasteiger partial charge in [-0.1, -0.05) is 26.0 Å². The molecule has 2 nitrogen and oxygen atoms in total. The summed E-state index contributed by atoms with van der Waals surface area (Å²) >= 11 is 0. The molecule has 19 heavy (non-hydrogen) atoms. The van der Waals surface area contributed by atoms with Crippen LogP contribution in [0.1, 0.15) is 32.3 Å². The van der Waals surface area contributed by atoms with E-state index in [2.05, 4.69) is 57.0 Å². The first-order valence-electron chi connectivity index (χ1n) is 7.43. The number of nitrogens with zero attached hydrogens (tertiary/aromatic N) is 1. The average Bonchev–Trinajstić information content (AvgIpc) is 2.33. The fraction of sp³-hybridized carbons (Fsp3) is 0.647. The van der Waals surface area contributed by atoms with Gasteiger partial charge in [0, 0.05) is 25.2 Å². The van der Waals surface area contributed by atoms with Crippen molar-refractivity contribution in [2.45, 2.75) is 39.7 Å². The predicted octanol–water partition coefficient (Wildman–Crippen LogP) is 3.47. The Kier molecular flexibility index (Phi) is 4.51. The van der Waals surface area contributed by atoms with Crippen molar-refractivity contribution in [3.8, 4) is 0 Å². The average molecular weight is 261 g/mol. The third kappa shape index (κ3) is 3.50. The summed E-state index contributed by atoms with van der Waals surface area (Å²) < 4.78 is 0. The second-order valence-electron chi connectivity index (χ2n) is 6.50. The number of hydrogen-bond acceptors (Lipinski definition) is 2. The Morgan fingerprint density at radius 3 is 2.63 bits per heavy atom. The van der Waals surface area contributed by atoms with Crippen LogP contribution in [0.15, 0.2) is 24.3 Å². The number of hydrogen-bond donors (Lipinski definition) is 1. The van der Waals surface area contributed by atoms with Gasteiger partial charge in [-0.25, -0.2) is 0 Å². The molecule has 0 saturated heterocycles. The molecule has 0 aromatic heterocycles. The zero-order valence-corrected chi connectivity index (χ0v) is 12.6. The van der Waals surface area contributed by atoms with Gasteiger partial charge in [0.2, 0.25) is 0 Å². The smallest absolute Gasteiger partial charge is 0.0590 e. The van der Waals surface area contributed by atoms with Crippen molar-refractivity contribution >= 4 is 5.69 Å². The summed E-state index contributed by atoms with van der Waals surface area (Å²) in [4.78, 5) is 2.29. The summed E-state index contributed by atoms with van der Waals surface area (Å²) in [5, 5.41) is 10.3. The highest BCUT2D eigenvalue weighted by atomic mass is 16.3. The van der Waals surface area contributed by atoms with Gasteiger partial charge in [0.15, 0.2) is 0 Å². The monoisotopic (exact) mass is 261 g/mol. The molecular weight excluding hydrogens is 234 g/mol. The molecule has 106 valence electrons. The Balaban J connectivity index is 2.03. The Bertz CT molecular complexity index is 405. The summed E-state index contributed by atoms with van der Waals surface area (Å²) in [5.74, 6) is 1.65. The highest BCUT2D eigenvalue weighted by Gasteiger charge is 2.33. The predicted molar refractivity (Wildman–Crippen MR) is 81.5 cm³/mol. The lowest BCUT2D eigenvalue weighted by Gasteiger charge is -2.39. The summed E-state index contributed by atoms with van der Waals surface area (Å²) in [6.45, 7) is 7.60. The minimum absolute atomic E-state index is 0.147. The van der Waals surface area contributed by atoms with E-state index in [9.17, 15) is 5.11 Å². The molecular formula is C17H27NO. The van der Waals surface area contributed by atoms with Crippen molar-refractivity contribution in [3.05, 3.63) is 29.8 Å². The number of aliphatic hydroxyl groups excluding tert-OH is 1. The maximum absolute atomic E-state index is 10.3. The van der Waals surface area contributed by atoms with Crippen molar-refractivity contribution in [1.82, 2.24) is 0 Å². The minimum atomic E-state index is -0.147. The summed E-state index contributed by atoms with van der Waals surface area (Å²) in [6, 6.07) is 8.58. The van der Waals surface area contributed by atoms with E-state index in [4.69, 9.17) is 0 Å². The number of benzene rings is 1. The molecule has 1 N–H and O–H groups in total. The van der Waals surface area contributed by atoms with Crippen molar-refractivity contribution < 1.29 is 5.11 Å². The second-order valence-corrected chi connectivity index (χ2v) is 6.50. The summed E-state index contributed by atoms with van der Waals surface area (Å²) in [6.07, 6.45) is 2.05. The Morgan fingerprint density at radius 1 is 1.26 bits per heavy atom. The van der Waals surface area contributed by atoms with Crippen LogP contribution in [-0.2, 0) is 0 Å². The van der Waals surface area contributed by atoms with Crippen molar-refractivity contribution in [2.75, 3.05) is 18.5 Å². The molecule has 1 aromatic carbocycles.